The smallest absolute Gasteiger partial charge is 0.414 e. The number of carbonyl (C=O) groups excluding carboxylic acids is 2. The molecule has 2 amide bonds. The zero-order chi connectivity index (χ0) is 22.6. The minimum Gasteiger partial charge on any atom is -0.455 e. The molecule has 8 nitrogen and oxygen atoms in total. The van der Waals surface area contributed by atoms with E-state index in [-0.39, 0.29) is 23.4 Å². The number of carbonyl (C=O) groups is 2. The van der Waals surface area contributed by atoms with E-state index in [4.69, 9.17) is 26.1 Å². The lowest BCUT2D eigenvalue weighted by atomic mass is 9.77. The Hall–Kier alpha value is -2.65. The van der Waals surface area contributed by atoms with Gasteiger partial charge in [0, 0.05) is 22.6 Å². The molecule has 0 bridgehead atoms. The first-order valence-corrected chi connectivity index (χ1v) is 10.7. The maximum absolute atomic E-state index is 13.1. The molecule has 2 aliphatic heterocycles. The van der Waals surface area contributed by atoms with Crippen molar-refractivity contribution in [2.75, 3.05) is 7.05 Å². The van der Waals surface area contributed by atoms with Crippen LogP contribution in [0.5, 0.6) is 11.5 Å². The molecule has 0 saturated carbocycles. The van der Waals surface area contributed by atoms with Crippen molar-refractivity contribution in [1.29, 1.82) is 0 Å². The van der Waals surface area contributed by atoms with E-state index >= 15 is 0 Å². The number of alkyl carbamates (subject to hydrolysis) is 1. The van der Waals surface area contributed by atoms with Crippen LogP contribution in [0, 0.1) is 0 Å². The summed E-state index contributed by atoms with van der Waals surface area (Å²) in [6.45, 7) is 5.26. The summed E-state index contributed by atoms with van der Waals surface area (Å²) >= 11 is 9.67. The van der Waals surface area contributed by atoms with Crippen molar-refractivity contribution < 1.29 is 19.1 Å². The summed E-state index contributed by atoms with van der Waals surface area (Å²) in [5.74, 6) is 0.805. The molecule has 2 aliphatic rings. The molecule has 4 rings (SSSR count). The van der Waals surface area contributed by atoms with E-state index in [9.17, 15) is 9.59 Å². The fourth-order valence-electron chi connectivity index (χ4n) is 3.57. The van der Waals surface area contributed by atoms with Gasteiger partial charge in [0.1, 0.15) is 22.0 Å². The third kappa shape index (κ3) is 3.99. The molecule has 1 spiro atoms. The van der Waals surface area contributed by atoms with Crippen LogP contribution in [0.4, 0.5) is 4.79 Å². The Balaban J connectivity index is 1.91. The molecule has 1 atom stereocenters. The average molecular weight is 508 g/mol. The van der Waals surface area contributed by atoms with E-state index in [0.29, 0.717) is 22.6 Å². The number of halogens is 2. The largest absolute Gasteiger partial charge is 0.455 e. The molecular formula is C21H20BrClN4O4. The van der Waals surface area contributed by atoms with Gasteiger partial charge in [-0.25, -0.2) is 14.8 Å². The summed E-state index contributed by atoms with van der Waals surface area (Å²) in [6, 6.07) is 7.10. The number of hydrogen-bond acceptors (Lipinski definition) is 6. The number of aromatic nitrogens is 1. The Morgan fingerprint density at radius 3 is 2.71 bits per heavy atom. The molecule has 1 N–H and O–H groups in total. The Bertz CT molecular complexity index is 1080. The van der Waals surface area contributed by atoms with Crippen molar-refractivity contribution in [2.45, 2.75) is 38.3 Å². The number of fused-ring (bicyclic) bond motifs is 4. The first kappa shape index (κ1) is 21.6. The maximum Gasteiger partial charge on any atom is 0.414 e. The van der Waals surface area contributed by atoms with Crippen molar-refractivity contribution in [3.05, 3.63) is 51.2 Å². The van der Waals surface area contributed by atoms with Crippen LogP contribution < -0.4 is 10.1 Å². The number of ether oxygens (including phenoxy) is 2. The molecule has 0 aliphatic carbocycles. The monoisotopic (exact) mass is 506 g/mol. The van der Waals surface area contributed by atoms with E-state index in [1.807, 2.05) is 12.1 Å². The van der Waals surface area contributed by atoms with Crippen molar-refractivity contribution >= 4 is 45.5 Å². The number of amides is 2. The quantitative estimate of drug-likeness (QED) is 0.527. The second-order valence-electron chi connectivity index (χ2n) is 8.30. The molecular weight excluding hydrogens is 488 g/mol. The van der Waals surface area contributed by atoms with Gasteiger partial charge in [0.2, 0.25) is 11.9 Å². The predicted octanol–water partition coefficient (Wildman–Crippen LogP) is 4.59. The summed E-state index contributed by atoms with van der Waals surface area (Å²) in [7, 11) is 1.55. The van der Waals surface area contributed by atoms with Gasteiger partial charge in [-0.2, -0.15) is 0 Å². The van der Waals surface area contributed by atoms with Crippen LogP contribution in [0.2, 0.25) is 5.15 Å². The number of hydrogen-bond donors (Lipinski definition) is 1. The molecule has 0 fully saturated rings. The van der Waals surface area contributed by atoms with Crippen molar-refractivity contribution in [3.63, 3.8) is 0 Å². The molecule has 3 heterocycles. The molecule has 10 heteroatoms. The maximum atomic E-state index is 13.1. The van der Waals surface area contributed by atoms with Gasteiger partial charge in [-0.1, -0.05) is 27.5 Å². The van der Waals surface area contributed by atoms with Crippen LogP contribution >= 0.6 is 27.5 Å². The lowest BCUT2D eigenvalue weighted by Gasteiger charge is -2.41. The molecule has 1 aromatic carbocycles. The standard InChI is InChI=1S/C21H20BrClN4O4/c1-20(2,3)31-19(29)25-18-26-21(9-17(28)27(18)4)12-7-11(22)5-6-14(12)30-15-10-24-16(23)8-13(15)21/h5-8,10H,9H2,1-4H3,(H,25,26,29)/t21-/m0/s1. The SMILES string of the molecule is CN1C(=O)C[C@]2(N=C1NC(=O)OC(C)(C)C)c1cc(Br)ccc1Oc1cnc(Cl)cc12. The molecule has 0 unspecified atom stereocenters. The number of pyridine rings is 1. The van der Waals surface area contributed by atoms with Gasteiger partial charge in [-0.3, -0.25) is 15.0 Å². The Morgan fingerprint density at radius 1 is 1.29 bits per heavy atom. The lowest BCUT2D eigenvalue weighted by Crippen LogP contribution is -2.53. The summed E-state index contributed by atoms with van der Waals surface area (Å²) in [5.41, 5.74) is -0.612. The van der Waals surface area contributed by atoms with Gasteiger partial charge in [-0.15, -0.1) is 0 Å². The summed E-state index contributed by atoms with van der Waals surface area (Å²) < 4.78 is 12.1. The third-order valence-corrected chi connectivity index (χ3v) is 5.60. The number of benzene rings is 1. The van der Waals surface area contributed by atoms with E-state index < -0.39 is 17.2 Å². The number of guanidine groups is 1. The molecule has 2 aromatic rings. The first-order valence-electron chi connectivity index (χ1n) is 9.49. The highest BCUT2D eigenvalue weighted by Gasteiger charge is 2.48. The van der Waals surface area contributed by atoms with Gasteiger partial charge in [0.25, 0.3) is 0 Å². The van der Waals surface area contributed by atoms with E-state index in [2.05, 4.69) is 26.2 Å². The van der Waals surface area contributed by atoms with Crippen LogP contribution in [-0.2, 0) is 15.1 Å². The normalized spacial score (nSPS) is 19.9. The zero-order valence-electron chi connectivity index (χ0n) is 17.3. The van der Waals surface area contributed by atoms with Crippen LogP contribution in [0.25, 0.3) is 0 Å². The Labute approximate surface area is 192 Å². The van der Waals surface area contributed by atoms with Gasteiger partial charge in [0.05, 0.1) is 12.6 Å². The minimum absolute atomic E-state index is 0.0170. The van der Waals surface area contributed by atoms with Crippen molar-refractivity contribution in [3.8, 4) is 11.5 Å². The summed E-state index contributed by atoms with van der Waals surface area (Å²) in [5, 5.41) is 2.85. The lowest BCUT2D eigenvalue weighted by molar-refractivity contribution is -0.128. The Kier molecular flexibility index (Phi) is 5.21. The zero-order valence-corrected chi connectivity index (χ0v) is 19.7. The molecule has 1 aromatic heterocycles. The molecule has 0 saturated heterocycles. The second-order valence-corrected chi connectivity index (χ2v) is 9.60. The highest BCUT2D eigenvalue weighted by Crippen LogP contribution is 2.52. The van der Waals surface area contributed by atoms with Crippen molar-refractivity contribution in [1.82, 2.24) is 15.2 Å². The molecule has 162 valence electrons. The Morgan fingerprint density at radius 2 is 2.00 bits per heavy atom. The second kappa shape index (κ2) is 7.49. The topological polar surface area (TPSA) is 93.1 Å². The molecule has 0 radical (unpaired) electrons. The average Bonchev–Trinajstić information content (AvgIpc) is 2.66. The fourth-order valence-corrected chi connectivity index (χ4v) is 4.09. The van der Waals surface area contributed by atoms with Gasteiger partial charge in [0.15, 0.2) is 5.75 Å². The number of rotatable bonds is 0. The number of aliphatic imine (C=N–C) groups is 1. The minimum atomic E-state index is -1.16. The molecule has 31 heavy (non-hydrogen) atoms. The van der Waals surface area contributed by atoms with Gasteiger partial charge in [-0.05, 0) is 45.0 Å². The summed E-state index contributed by atoms with van der Waals surface area (Å²) in [6.07, 6.45) is 0.810. The van der Waals surface area contributed by atoms with Crippen LogP contribution in [0.3, 0.4) is 0 Å². The predicted molar refractivity (Wildman–Crippen MR) is 118 cm³/mol. The first-order chi connectivity index (χ1) is 14.5. The van der Waals surface area contributed by atoms with E-state index in [1.54, 1.807) is 40.0 Å². The fraction of sp³-hybridized carbons (Fsp3) is 0.333. The highest BCUT2D eigenvalue weighted by atomic mass is 79.9. The van der Waals surface area contributed by atoms with E-state index in [1.165, 1.54) is 11.1 Å². The van der Waals surface area contributed by atoms with Crippen molar-refractivity contribution in [2.24, 2.45) is 4.99 Å². The highest BCUT2D eigenvalue weighted by molar-refractivity contribution is 9.10. The van der Waals surface area contributed by atoms with Gasteiger partial charge >= 0.3 is 6.09 Å². The van der Waals surface area contributed by atoms with Gasteiger partial charge < -0.3 is 9.47 Å². The summed E-state index contributed by atoms with van der Waals surface area (Å²) in [4.78, 5) is 35.8. The number of nitrogens with zero attached hydrogens (tertiary/aromatic N) is 3. The van der Waals surface area contributed by atoms with E-state index in [0.717, 1.165) is 4.47 Å². The van der Waals surface area contributed by atoms with Crippen LogP contribution in [0.1, 0.15) is 38.3 Å². The number of nitrogens with one attached hydrogen (secondary N) is 1. The third-order valence-electron chi connectivity index (χ3n) is 4.90. The van der Waals surface area contributed by atoms with Crippen LogP contribution in [0.15, 0.2) is 39.9 Å². The van der Waals surface area contributed by atoms with Crippen LogP contribution in [-0.4, -0.2) is 40.5 Å².